The third-order valence-electron chi connectivity index (χ3n) is 3.39. The van der Waals surface area contributed by atoms with Crippen molar-refractivity contribution in [3.8, 4) is 17.2 Å². The second-order valence-electron chi connectivity index (χ2n) is 4.66. The van der Waals surface area contributed by atoms with E-state index in [4.69, 9.17) is 9.47 Å². The van der Waals surface area contributed by atoms with Gasteiger partial charge in [-0.2, -0.15) is 0 Å². The van der Waals surface area contributed by atoms with E-state index in [0.717, 1.165) is 5.56 Å². The number of methoxy groups -OCH3 is 1. The van der Waals surface area contributed by atoms with Crippen LogP contribution in [0.25, 0.3) is 0 Å². The number of phenolic OH excluding ortho intramolecular Hbond substituents is 1. The number of aromatic hydroxyl groups is 1. The van der Waals surface area contributed by atoms with Crippen LogP contribution in [0.15, 0.2) is 42.5 Å². The maximum absolute atomic E-state index is 12.2. The van der Waals surface area contributed by atoms with Crippen LogP contribution in [-0.4, -0.2) is 18.0 Å². The predicted molar refractivity (Wildman–Crippen MR) is 73.4 cm³/mol. The van der Waals surface area contributed by atoms with Gasteiger partial charge in [0, 0.05) is 6.07 Å². The zero-order valence-corrected chi connectivity index (χ0v) is 11.0. The lowest BCUT2D eigenvalue weighted by molar-refractivity contribution is 0.0848. The topological polar surface area (TPSA) is 55.8 Å². The number of phenols is 1. The van der Waals surface area contributed by atoms with Crippen LogP contribution in [0.1, 0.15) is 28.4 Å². The molecule has 0 aromatic heterocycles. The first-order valence-electron chi connectivity index (χ1n) is 6.35. The summed E-state index contributed by atoms with van der Waals surface area (Å²) < 4.78 is 10.9. The molecule has 0 radical (unpaired) electrons. The summed E-state index contributed by atoms with van der Waals surface area (Å²) >= 11 is 0. The predicted octanol–water partition coefficient (Wildman–Crippen LogP) is 3.11. The van der Waals surface area contributed by atoms with Gasteiger partial charge in [0.15, 0.2) is 17.3 Å². The summed E-state index contributed by atoms with van der Waals surface area (Å²) in [6.07, 6.45) is -0.0339. The van der Waals surface area contributed by atoms with Gasteiger partial charge in [-0.15, -0.1) is 0 Å². The second-order valence-corrected chi connectivity index (χ2v) is 4.66. The van der Waals surface area contributed by atoms with Crippen LogP contribution in [0.3, 0.4) is 0 Å². The molecule has 0 aliphatic carbocycles. The van der Waals surface area contributed by atoms with Crippen LogP contribution in [0, 0.1) is 0 Å². The van der Waals surface area contributed by atoms with Gasteiger partial charge in [0.25, 0.3) is 0 Å². The van der Waals surface area contributed by atoms with E-state index >= 15 is 0 Å². The van der Waals surface area contributed by atoms with E-state index in [9.17, 15) is 9.90 Å². The van der Waals surface area contributed by atoms with Gasteiger partial charge in [-0.05, 0) is 11.6 Å². The molecule has 1 unspecified atom stereocenters. The highest BCUT2D eigenvalue weighted by Gasteiger charge is 2.29. The second kappa shape index (κ2) is 4.89. The smallest absolute Gasteiger partial charge is 0.170 e. The van der Waals surface area contributed by atoms with Gasteiger partial charge in [-0.3, -0.25) is 4.79 Å². The number of carbonyl (C=O) groups excluding carboxylic acids is 1. The first-order chi connectivity index (χ1) is 9.69. The van der Waals surface area contributed by atoms with Crippen molar-refractivity contribution in [2.24, 2.45) is 0 Å². The van der Waals surface area contributed by atoms with E-state index < -0.39 is 0 Å². The summed E-state index contributed by atoms with van der Waals surface area (Å²) in [6, 6.07) is 12.6. The first kappa shape index (κ1) is 12.5. The summed E-state index contributed by atoms with van der Waals surface area (Å²) in [6.45, 7) is 0. The fourth-order valence-electron chi connectivity index (χ4n) is 2.36. The molecule has 0 spiro atoms. The molecule has 0 bridgehead atoms. The number of ether oxygens (including phenoxy) is 2. The average molecular weight is 270 g/mol. The average Bonchev–Trinajstić information content (AvgIpc) is 2.48. The number of hydrogen-bond acceptors (Lipinski definition) is 4. The van der Waals surface area contributed by atoms with Crippen molar-refractivity contribution in [3.63, 3.8) is 0 Å². The highest BCUT2D eigenvalue weighted by atomic mass is 16.5. The molecule has 1 atom stereocenters. The lowest BCUT2D eigenvalue weighted by atomic mass is 9.96. The summed E-state index contributed by atoms with van der Waals surface area (Å²) in [5, 5.41) is 9.73. The van der Waals surface area contributed by atoms with Gasteiger partial charge in [0.2, 0.25) is 0 Å². The fraction of sp³-hybridized carbons (Fsp3) is 0.188. The number of benzene rings is 2. The molecule has 1 aliphatic heterocycles. The van der Waals surface area contributed by atoms with E-state index in [1.807, 2.05) is 30.3 Å². The Hall–Kier alpha value is -2.49. The van der Waals surface area contributed by atoms with Gasteiger partial charge in [-0.1, -0.05) is 30.3 Å². The molecule has 0 saturated heterocycles. The normalized spacial score (nSPS) is 17.2. The van der Waals surface area contributed by atoms with Crippen LogP contribution in [0.2, 0.25) is 0 Å². The fourth-order valence-corrected chi connectivity index (χ4v) is 2.36. The Bertz CT molecular complexity index is 649. The van der Waals surface area contributed by atoms with Crippen LogP contribution in [-0.2, 0) is 0 Å². The Morgan fingerprint density at radius 2 is 2.00 bits per heavy atom. The molecule has 1 heterocycles. The molecule has 0 amide bonds. The molecular weight excluding hydrogens is 256 g/mol. The van der Waals surface area contributed by atoms with E-state index in [1.54, 1.807) is 6.07 Å². The maximum atomic E-state index is 12.2. The molecule has 20 heavy (non-hydrogen) atoms. The molecule has 102 valence electrons. The van der Waals surface area contributed by atoms with E-state index in [2.05, 4.69) is 0 Å². The lowest BCUT2D eigenvalue weighted by Gasteiger charge is -2.26. The minimum Gasteiger partial charge on any atom is -0.504 e. The molecule has 0 fully saturated rings. The zero-order valence-electron chi connectivity index (χ0n) is 11.0. The monoisotopic (exact) mass is 270 g/mol. The van der Waals surface area contributed by atoms with E-state index in [-0.39, 0.29) is 24.1 Å². The third kappa shape index (κ3) is 2.09. The largest absolute Gasteiger partial charge is 0.504 e. The molecule has 4 heteroatoms. The minimum atomic E-state index is -0.301. The number of ketones is 1. The van der Waals surface area contributed by atoms with Crippen LogP contribution in [0.5, 0.6) is 17.2 Å². The zero-order chi connectivity index (χ0) is 14.1. The molecular formula is C16H14O4. The molecule has 1 aliphatic rings. The molecule has 4 nitrogen and oxygen atoms in total. The quantitative estimate of drug-likeness (QED) is 0.911. The Labute approximate surface area is 116 Å². The maximum Gasteiger partial charge on any atom is 0.170 e. The van der Waals surface area contributed by atoms with Crippen LogP contribution in [0.4, 0.5) is 0 Å². The van der Waals surface area contributed by atoms with Crippen molar-refractivity contribution >= 4 is 5.78 Å². The summed E-state index contributed by atoms with van der Waals surface area (Å²) in [5.41, 5.74) is 1.36. The Kier molecular flexibility index (Phi) is 3.06. The standard InChI is InChI=1S/C16H14O4/c1-19-16-9-15-11(7-13(16)18)12(17)8-14(20-15)10-5-3-2-4-6-10/h2-7,9,14,18H,8H2,1H3. The Morgan fingerprint density at radius 1 is 1.25 bits per heavy atom. The number of Topliss-reactive ketones (excluding diaryl/α,β-unsaturated/α-hetero) is 1. The van der Waals surface area contributed by atoms with Crippen molar-refractivity contribution in [2.75, 3.05) is 7.11 Å². The number of rotatable bonds is 2. The Morgan fingerprint density at radius 3 is 2.70 bits per heavy atom. The van der Waals surface area contributed by atoms with Gasteiger partial charge < -0.3 is 14.6 Å². The van der Waals surface area contributed by atoms with Crippen molar-refractivity contribution in [1.29, 1.82) is 0 Å². The van der Waals surface area contributed by atoms with Gasteiger partial charge in [-0.25, -0.2) is 0 Å². The number of hydrogen-bond donors (Lipinski definition) is 1. The van der Waals surface area contributed by atoms with E-state index in [0.29, 0.717) is 17.1 Å². The highest BCUT2D eigenvalue weighted by Crippen LogP contribution is 2.40. The third-order valence-corrected chi connectivity index (χ3v) is 3.39. The lowest BCUT2D eigenvalue weighted by Crippen LogP contribution is -2.20. The Balaban J connectivity index is 2.00. The summed E-state index contributed by atoms with van der Waals surface area (Å²) in [7, 11) is 1.46. The van der Waals surface area contributed by atoms with Gasteiger partial charge >= 0.3 is 0 Å². The molecule has 1 N–H and O–H groups in total. The number of carbonyl (C=O) groups is 1. The first-order valence-corrected chi connectivity index (χ1v) is 6.35. The SMILES string of the molecule is COc1cc2c(cc1O)C(=O)CC(c1ccccc1)O2. The highest BCUT2D eigenvalue weighted by molar-refractivity contribution is 6.00. The van der Waals surface area contributed by atoms with Crippen LogP contribution >= 0.6 is 0 Å². The van der Waals surface area contributed by atoms with Crippen molar-refractivity contribution in [3.05, 3.63) is 53.6 Å². The molecule has 2 aromatic carbocycles. The molecule has 3 rings (SSSR count). The summed E-state index contributed by atoms with van der Waals surface area (Å²) in [5.74, 6) is 0.648. The van der Waals surface area contributed by atoms with Crippen molar-refractivity contribution in [2.45, 2.75) is 12.5 Å². The van der Waals surface area contributed by atoms with Gasteiger partial charge in [0.05, 0.1) is 19.1 Å². The van der Waals surface area contributed by atoms with E-state index in [1.165, 1.54) is 13.2 Å². The minimum absolute atomic E-state index is 0.0435. The van der Waals surface area contributed by atoms with Crippen molar-refractivity contribution < 1.29 is 19.4 Å². The van der Waals surface area contributed by atoms with Crippen molar-refractivity contribution in [1.82, 2.24) is 0 Å². The van der Waals surface area contributed by atoms with Gasteiger partial charge in [0.1, 0.15) is 11.9 Å². The number of fused-ring (bicyclic) bond motifs is 1. The molecule has 2 aromatic rings. The summed E-state index contributed by atoms with van der Waals surface area (Å²) in [4.78, 5) is 12.2. The van der Waals surface area contributed by atoms with Crippen LogP contribution < -0.4 is 9.47 Å². The molecule has 0 saturated carbocycles.